The fraction of sp³-hybridized carbons (Fsp3) is 0.647. The highest BCUT2D eigenvalue weighted by atomic mass is 19.1. The monoisotopic (exact) mass is 294 g/mol. The maximum absolute atomic E-state index is 13.6. The molecule has 0 radical (unpaired) electrons. The first-order valence-corrected chi connectivity index (χ1v) is 7.87. The molecule has 1 aromatic rings. The average Bonchev–Trinajstić information content (AvgIpc) is 2.48. The van der Waals surface area contributed by atoms with E-state index >= 15 is 0 Å². The van der Waals surface area contributed by atoms with E-state index in [-0.39, 0.29) is 17.5 Å². The molecule has 1 heterocycles. The third kappa shape index (κ3) is 3.38. The van der Waals surface area contributed by atoms with Crippen LogP contribution in [0.1, 0.15) is 33.6 Å². The van der Waals surface area contributed by atoms with Crippen molar-refractivity contribution in [2.75, 3.05) is 24.6 Å². The lowest BCUT2D eigenvalue weighted by atomic mass is 9.81. The van der Waals surface area contributed by atoms with Gasteiger partial charge < -0.3 is 15.4 Å². The minimum Gasteiger partial charge on any atom is -0.378 e. The van der Waals surface area contributed by atoms with Crippen molar-refractivity contribution in [1.29, 1.82) is 0 Å². The van der Waals surface area contributed by atoms with Gasteiger partial charge in [-0.3, -0.25) is 0 Å². The van der Waals surface area contributed by atoms with Gasteiger partial charge in [0, 0.05) is 25.4 Å². The maximum atomic E-state index is 13.6. The van der Waals surface area contributed by atoms with Crippen LogP contribution in [0, 0.1) is 11.7 Å². The molecule has 1 aromatic carbocycles. The molecule has 3 nitrogen and oxygen atoms in total. The molecule has 4 heteroatoms. The second-order valence-electron chi connectivity index (χ2n) is 6.26. The van der Waals surface area contributed by atoms with Gasteiger partial charge in [0.05, 0.1) is 11.6 Å². The molecular formula is C17H27FN2O. The topological polar surface area (TPSA) is 38.5 Å². The third-order valence-electron chi connectivity index (χ3n) is 4.61. The van der Waals surface area contributed by atoms with Crippen molar-refractivity contribution in [2.45, 2.75) is 45.3 Å². The Balaban J connectivity index is 2.32. The van der Waals surface area contributed by atoms with E-state index in [0.717, 1.165) is 25.1 Å². The second kappa shape index (κ2) is 6.75. The molecule has 0 bridgehead atoms. The molecule has 1 fully saturated rings. The summed E-state index contributed by atoms with van der Waals surface area (Å²) in [6, 6.07) is 6.80. The van der Waals surface area contributed by atoms with Crippen molar-refractivity contribution in [1.82, 2.24) is 0 Å². The summed E-state index contributed by atoms with van der Waals surface area (Å²) in [5.41, 5.74) is 6.93. The van der Waals surface area contributed by atoms with Crippen LogP contribution in [0.3, 0.4) is 0 Å². The number of hydrogen-bond donors (Lipinski definition) is 1. The Morgan fingerprint density at radius 1 is 1.48 bits per heavy atom. The first kappa shape index (κ1) is 16.2. The van der Waals surface area contributed by atoms with E-state index in [1.807, 2.05) is 6.07 Å². The normalized spacial score (nSPS) is 26.1. The summed E-state index contributed by atoms with van der Waals surface area (Å²) in [7, 11) is 0. The van der Waals surface area contributed by atoms with E-state index in [9.17, 15) is 4.39 Å². The van der Waals surface area contributed by atoms with Crippen LogP contribution < -0.4 is 10.6 Å². The number of hydrogen-bond acceptors (Lipinski definition) is 3. The van der Waals surface area contributed by atoms with E-state index in [2.05, 4.69) is 25.7 Å². The highest BCUT2D eigenvalue weighted by Gasteiger charge is 2.41. The quantitative estimate of drug-likeness (QED) is 0.906. The van der Waals surface area contributed by atoms with E-state index in [4.69, 9.17) is 10.5 Å². The zero-order valence-corrected chi connectivity index (χ0v) is 13.3. The molecule has 1 saturated heterocycles. The van der Waals surface area contributed by atoms with Crippen molar-refractivity contribution >= 4 is 5.69 Å². The van der Waals surface area contributed by atoms with Gasteiger partial charge in [0.1, 0.15) is 5.82 Å². The predicted octanol–water partition coefficient (Wildman–Crippen LogP) is 3.18. The van der Waals surface area contributed by atoms with Crippen molar-refractivity contribution in [3.05, 3.63) is 30.1 Å². The van der Waals surface area contributed by atoms with Gasteiger partial charge in [0.2, 0.25) is 0 Å². The van der Waals surface area contributed by atoms with Gasteiger partial charge in [0.25, 0.3) is 0 Å². The molecular weight excluding hydrogens is 267 g/mol. The molecule has 0 spiro atoms. The number of likely N-dealkylation sites (N-methyl/N-ethyl adjacent to an activating group) is 1. The lowest BCUT2D eigenvalue weighted by molar-refractivity contribution is -0.0420. The molecule has 2 atom stereocenters. The number of nitrogens with two attached hydrogens (primary N) is 1. The molecule has 1 aliphatic rings. The van der Waals surface area contributed by atoms with E-state index in [0.29, 0.717) is 19.1 Å². The SMILES string of the molecule is CCN(c1cccc(F)c1)C1(CN)CCOC(C(C)C)C1. The van der Waals surface area contributed by atoms with Crippen LogP contribution in [-0.4, -0.2) is 31.3 Å². The van der Waals surface area contributed by atoms with Gasteiger partial charge in [-0.05, 0) is 43.9 Å². The summed E-state index contributed by atoms with van der Waals surface area (Å²) >= 11 is 0. The Bertz CT molecular complexity index is 466. The summed E-state index contributed by atoms with van der Waals surface area (Å²) in [4.78, 5) is 2.26. The van der Waals surface area contributed by atoms with Gasteiger partial charge >= 0.3 is 0 Å². The van der Waals surface area contributed by atoms with E-state index < -0.39 is 0 Å². The number of nitrogens with zero attached hydrogens (tertiary/aromatic N) is 1. The summed E-state index contributed by atoms with van der Waals surface area (Å²) in [6.45, 7) is 8.54. The minimum absolute atomic E-state index is 0.143. The first-order chi connectivity index (χ1) is 10.0. The number of benzene rings is 1. The van der Waals surface area contributed by atoms with Gasteiger partial charge in [-0.2, -0.15) is 0 Å². The maximum Gasteiger partial charge on any atom is 0.125 e. The standard InChI is InChI=1S/C17H27FN2O/c1-4-20(15-7-5-6-14(18)10-15)17(12-19)8-9-21-16(11-17)13(2)3/h5-7,10,13,16H,4,8-9,11-12,19H2,1-3H3. The van der Waals surface area contributed by atoms with Crippen LogP contribution in [0.25, 0.3) is 0 Å². The minimum atomic E-state index is -0.203. The van der Waals surface area contributed by atoms with Gasteiger partial charge in [-0.25, -0.2) is 4.39 Å². The average molecular weight is 294 g/mol. The molecule has 118 valence electrons. The van der Waals surface area contributed by atoms with Crippen molar-refractivity contribution < 1.29 is 9.13 Å². The third-order valence-corrected chi connectivity index (χ3v) is 4.61. The fourth-order valence-corrected chi connectivity index (χ4v) is 3.34. The Morgan fingerprint density at radius 2 is 2.24 bits per heavy atom. The molecule has 0 saturated carbocycles. The van der Waals surface area contributed by atoms with Crippen LogP contribution in [0.15, 0.2) is 24.3 Å². The van der Waals surface area contributed by atoms with Crippen molar-refractivity contribution in [2.24, 2.45) is 11.7 Å². The molecule has 1 aliphatic heterocycles. The summed E-state index contributed by atoms with van der Waals surface area (Å²) in [5, 5.41) is 0. The summed E-state index contributed by atoms with van der Waals surface area (Å²) in [6.07, 6.45) is 1.99. The van der Waals surface area contributed by atoms with Crippen molar-refractivity contribution in [3.8, 4) is 0 Å². The van der Waals surface area contributed by atoms with Gasteiger partial charge in [-0.15, -0.1) is 0 Å². The van der Waals surface area contributed by atoms with Crippen LogP contribution in [0.5, 0.6) is 0 Å². The van der Waals surface area contributed by atoms with Crippen molar-refractivity contribution in [3.63, 3.8) is 0 Å². The fourth-order valence-electron chi connectivity index (χ4n) is 3.34. The molecule has 2 rings (SSSR count). The Morgan fingerprint density at radius 3 is 2.81 bits per heavy atom. The lowest BCUT2D eigenvalue weighted by Gasteiger charge is -2.49. The number of ether oxygens (including phenoxy) is 1. The summed E-state index contributed by atoms with van der Waals surface area (Å²) < 4.78 is 19.5. The first-order valence-electron chi connectivity index (χ1n) is 7.87. The Hall–Kier alpha value is -1.13. The molecule has 2 unspecified atom stereocenters. The summed E-state index contributed by atoms with van der Waals surface area (Å²) in [5.74, 6) is 0.257. The zero-order valence-electron chi connectivity index (χ0n) is 13.3. The molecule has 0 aromatic heterocycles. The van der Waals surface area contributed by atoms with E-state index in [1.54, 1.807) is 12.1 Å². The Kier molecular flexibility index (Phi) is 5.22. The van der Waals surface area contributed by atoms with Crippen LogP contribution in [0.2, 0.25) is 0 Å². The van der Waals surface area contributed by atoms with Gasteiger partial charge in [0.15, 0.2) is 0 Å². The zero-order chi connectivity index (χ0) is 15.5. The van der Waals surface area contributed by atoms with Crippen LogP contribution in [0.4, 0.5) is 10.1 Å². The molecule has 2 N–H and O–H groups in total. The predicted molar refractivity (Wildman–Crippen MR) is 85.0 cm³/mol. The smallest absolute Gasteiger partial charge is 0.125 e. The number of rotatable bonds is 5. The molecule has 0 aliphatic carbocycles. The largest absolute Gasteiger partial charge is 0.378 e. The van der Waals surface area contributed by atoms with Gasteiger partial charge in [-0.1, -0.05) is 19.9 Å². The number of anilines is 1. The highest BCUT2D eigenvalue weighted by molar-refractivity contribution is 5.49. The highest BCUT2D eigenvalue weighted by Crippen LogP contribution is 2.36. The Labute approximate surface area is 127 Å². The second-order valence-corrected chi connectivity index (χ2v) is 6.26. The molecule has 0 amide bonds. The molecule has 21 heavy (non-hydrogen) atoms. The van der Waals surface area contributed by atoms with Crippen LogP contribution in [-0.2, 0) is 4.74 Å². The lowest BCUT2D eigenvalue weighted by Crippen LogP contribution is -2.59. The number of halogens is 1. The van der Waals surface area contributed by atoms with E-state index in [1.165, 1.54) is 6.07 Å². The van der Waals surface area contributed by atoms with Crippen LogP contribution >= 0.6 is 0 Å².